The summed E-state index contributed by atoms with van der Waals surface area (Å²) in [6.45, 7) is 5.50. The smallest absolute Gasteiger partial charge is 0.336 e. The zero-order valence-corrected chi connectivity index (χ0v) is 19.7. The first kappa shape index (κ1) is 23.9. The molecule has 1 heterocycles. The van der Waals surface area contributed by atoms with Gasteiger partial charge in [-0.3, -0.25) is 9.59 Å². The summed E-state index contributed by atoms with van der Waals surface area (Å²) in [5.74, 6) is 0.832. The lowest BCUT2D eigenvalue weighted by molar-refractivity contribution is -0.138. The summed E-state index contributed by atoms with van der Waals surface area (Å²) in [6.07, 6.45) is 1.95. The minimum absolute atomic E-state index is 0.0196. The van der Waals surface area contributed by atoms with E-state index in [0.29, 0.717) is 46.9 Å². The minimum atomic E-state index is -0.578. The van der Waals surface area contributed by atoms with Gasteiger partial charge in [-0.2, -0.15) is 11.8 Å². The molecule has 0 amide bonds. The Balaban J connectivity index is 2.04. The number of rotatable bonds is 8. The molecule has 1 N–H and O–H groups in total. The number of esters is 2. The Bertz CT molecular complexity index is 981. The number of carbonyl (C=O) groups is 3. The van der Waals surface area contributed by atoms with Crippen molar-refractivity contribution in [1.82, 2.24) is 5.32 Å². The van der Waals surface area contributed by atoms with Gasteiger partial charge < -0.3 is 19.5 Å². The van der Waals surface area contributed by atoms with Crippen LogP contribution >= 0.6 is 11.8 Å². The lowest BCUT2D eigenvalue weighted by Gasteiger charge is -2.34. The van der Waals surface area contributed by atoms with E-state index in [1.807, 2.05) is 6.92 Å². The number of allylic oxidation sites excluding steroid dienone is 3. The van der Waals surface area contributed by atoms with Crippen LogP contribution in [0.3, 0.4) is 0 Å². The van der Waals surface area contributed by atoms with Crippen molar-refractivity contribution in [2.75, 3.05) is 25.2 Å². The third-order valence-corrected chi connectivity index (χ3v) is 6.30. The Morgan fingerprint density at radius 2 is 2.00 bits per heavy atom. The molecule has 32 heavy (non-hydrogen) atoms. The summed E-state index contributed by atoms with van der Waals surface area (Å²) in [4.78, 5) is 37.5. The van der Waals surface area contributed by atoms with Gasteiger partial charge in [-0.05, 0) is 43.2 Å². The summed E-state index contributed by atoms with van der Waals surface area (Å²) in [7, 11) is 1.48. The fourth-order valence-corrected chi connectivity index (χ4v) is 4.60. The molecule has 0 saturated heterocycles. The van der Waals surface area contributed by atoms with Gasteiger partial charge in [0.2, 0.25) is 0 Å². The monoisotopic (exact) mass is 459 g/mol. The maximum atomic E-state index is 13.1. The van der Waals surface area contributed by atoms with E-state index in [1.165, 1.54) is 14.0 Å². The molecule has 0 radical (unpaired) electrons. The molecule has 1 aliphatic carbocycles. The summed E-state index contributed by atoms with van der Waals surface area (Å²) in [5.41, 5.74) is 3.25. The molecular formula is C24H29NO6S. The Morgan fingerprint density at radius 1 is 1.22 bits per heavy atom. The lowest BCUT2D eigenvalue weighted by Crippen LogP contribution is -2.34. The van der Waals surface area contributed by atoms with E-state index in [1.54, 1.807) is 30.0 Å². The molecule has 7 nitrogen and oxygen atoms in total. The zero-order valence-electron chi connectivity index (χ0n) is 18.9. The van der Waals surface area contributed by atoms with Crippen LogP contribution in [0, 0.1) is 0 Å². The fraction of sp³-hybridized carbons (Fsp3) is 0.458. The number of Topliss-reactive ketones (excluding diaryl/α,β-unsaturated/α-hetero) is 1. The van der Waals surface area contributed by atoms with Crippen molar-refractivity contribution >= 4 is 29.5 Å². The number of hydrogen-bond acceptors (Lipinski definition) is 8. The van der Waals surface area contributed by atoms with Crippen LogP contribution < -0.4 is 14.8 Å². The predicted molar refractivity (Wildman–Crippen MR) is 123 cm³/mol. The molecule has 0 aromatic heterocycles. The third kappa shape index (κ3) is 5.18. The van der Waals surface area contributed by atoms with Crippen molar-refractivity contribution in [2.45, 2.75) is 46.0 Å². The number of ether oxygens (including phenoxy) is 3. The number of nitrogens with one attached hydrogen (secondary N) is 1. The highest BCUT2D eigenvalue weighted by atomic mass is 32.2. The first-order valence-electron chi connectivity index (χ1n) is 10.7. The number of dihydropyridines is 1. The molecule has 1 aromatic carbocycles. The van der Waals surface area contributed by atoms with E-state index in [2.05, 4.69) is 12.2 Å². The number of carbonyl (C=O) groups excluding carboxylic acids is 3. The first-order valence-corrected chi connectivity index (χ1v) is 11.9. The minimum Gasteiger partial charge on any atom is -0.493 e. The van der Waals surface area contributed by atoms with Gasteiger partial charge in [-0.25, -0.2) is 4.79 Å². The second kappa shape index (κ2) is 10.7. The van der Waals surface area contributed by atoms with E-state index in [4.69, 9.17) is 14.2 Å². The molecule has 1 atom stereocenters. The van der Waals surface area contributed by atoms with Gasteiger partial charge in [0.1, 0.15) is 6.61 Å². The summed E-state index contributed by atoms with van der Waals surface area (Å²) < 4.78 is 16.2. The van der Waals surface area contributed by atoms with Crippen LogP contribution in [-0.2, 0) is 19.1 Å². The van der Waals surface area contributed by atoms with Crippen molar-refractivity contribution in [1.29, 1.82) is 0 Å². The van der Waals surface area contributed by atoms with Crippen molar-refractivity contribution < 1.29 is 28.6 Å². The number of methoxy groups -OCH3 is 1. The number of hydrogen-bond donors (Lipinski definition) is 1. The summed E-state index contributed by atoms with van der Waals surface area (Å²) in [5, 5.41) is 3.28. The van der Waals surface area contributed by atoms with E-state index in [9.17, 15) is 14.4 Å². The second-order valence-electron chi connectivity index (χ2n) is 7.60. The summed E-state index contributed by atoms with van der Waals surface area (Å²) in [6, 6.07) is 5.10. The highest BCUT2D eigenvalue weighted by molar-refractivity contribution is 7.99. The van der Waals surface area contributed by atoms with Gasteiger partial charge in [-0.15, -0.1) is 0 Å². The first-order chi connectivity index (χ1) is 15.4. The maximum absolute atomic E-state index is 13.1. The highest BCUT2D eigenvalue weighted by Crippen LogP contribution is 2.44. The number of thioether (sulfide) groups is 1. The normalized spacial score (nSPS) is 18.1. The van der Waals surface area contributed by atoms with E-state index in [0.717, 1.165) is 24.3 Å². The third-order valence-electron chi connectivity index (χ3n) is 5.44. The average molecular weight is 460 g/mol. The van der Waals surface area contributed by atoms with Crippen molar-refractivity contribution in [3.8, 4) is 11.5 Å². The van der Waals surface area contributed by atoms with Crippen LogP contribution in [0.4, 0.5) is 0 Å². The molecule has 0 saturated carbocycles. The number of ketones is 1. The molecule has 0 unspecified atom stereocenters. The van der Waals surface area contributed by atoms with Crippen LogP contribution in [0.5, 0.6) is 11.5 Å². The average Bonchev–Trinajstić information content (AvgIpc) is 2.75. The van der Waals surface area contributed by atoms with Gasteiger partial charge >= 0.3 is 11.9 Å². The number of benzene rings is 1. The van der Waals surface area contributed by atoms with Crippen LogP contribution in [0.15, 0.2) is 40.7 Å². The molecule has 1 aliphatic heterocycles. The molecule has 3 rings (SSSR count). The van der Waals surface area contributed by atoms with E-state index in [-0.39, 0.29) is 11.5 Å². The lowest BCUT2D eigenvalue weighted by atomic mass is 9.75. The molecule has 1 aromatic rings. The molecule has 0 fully saturated rings. The van der Waals surface area contributed by atoms with E-state index >= 15 is 0 Å². The Morgan fingerprint density at radius 3 is 2.69 bits per heavy atom. The quantitative estimate of drug-likeness (QED) is 0.356. The molecule has 2 aliphatic rings. The van der Waals surface area contributed by atoms with Crippen LogP contribution in [-0.4, -0.2) is 42.9 Å². The Labute approximate surface area is 192 Å². The zero-order chi connectivity index (χ0) is 23.3. The molecule has 8 heteroatoms. The van der Waals surface area contributed by atoms with Crippen molar-refractivity contribution in [3.63, 3.8) is 0 Å². The highest BCUT2D eigenvalue weighted by Gasteiger charge is 2.39. The maximum Gasteiger partial charge on any atom is 0.336 e. The fourth-order valence-electron chi connectivity index (χ4n) is 4.11. The molecule has 0 spiro atoms. The van der Waals surface area contributed by atoms with Gasteiger partial charge in [0.15, 0.2) is 17.3 Å². The molecular weight excluding hydrogens is 430 g/mol. The van der Waals surface area contributed by atoms with Crippen LogP contribution in [0.1, 0.15) is 51.5 Å². The Kier molecular flexibility index (Phi) is 8.01. The Hall–Kier alpha value is -2.74. The second-order valence-corrected chi connectivity index (χ2v) is 9.00. The van der Waals surface area contributed by atoms with Crippen LogP contribution in [0.25, 0.3) is 0 Å². The molecule has 172 valence electrons. The van der Waals surface area contributed by atoms with Crippen molar-refractivity contribution in [3.05, 3.63) is 46.3 Å². The topological polar surface area (TPSA) is 90.9 Å². The van der Waals surface area contributed by atoms with Gasteiger partial charge in [-0.1, -0.05) is 13.0 Å². The van der Waals surface area contributed by atoms with Gasteiger partial charge in [0, 0.05) is 42.0 Å². The van der Waals surface area contributed by atoms with Gasteiger partial charge in [0.05, 0.1) is 12.7 Å². The van der Waals surface area contributed by atoms with Gasteiger partial charge in [0.25, 0.3) is 0 Å². The van der Waals surface area contributed by atoms with Crippen LogP contribution in [0.2, 0.25) is 0 Å². The predicted octanol–water partition coefficient (Wildman–Crippen LogP) is 3.88. The SMILES string of the molecule is CCSCCOC(=O)C1=C(C)NC2=C(C(=O)CCC2)[C@@H]1c1ccc(OC(C)=O)c(OC)c1. The largest absolute Gasteiger partial charge is 0.493 e. The van der Waals surface area contributed by atoms with E-state index < -0.39 is 17.9 Å². The standard InChI is InChI=1S/C24H29NO6S/c1-5-32-12-11-30-24(28)21-14(2)25-17-7-6-8-18(27)23(17)22(21)16-9-10-19(31-15(3)26)20(13-16)29-4/h9-10,13,22,25H,5-8,11-12H2,1-4H3/t22-/m1/s1. The van der Waals surface area contributed by atoms with Crippen molar-refractivity contribution in [2.24, 2.45) is 0 Å². The summed E-state index contributed by atoms with van der Waals surface area (Å²) >= 11 is 1.69. The molecule has 0 bridgehead atoms.